The quantitative estimate of drug-likeness (QED) is 0.576. The molecule has 1 atom stereocenters. The van der Waals surface area contributed by atoms with Crippen molar-refractivity contribution in [1.29, 1.82) is 0 Å². The highest BCUT2D eigenvalue weighted by atomic mass is 32.1. The van der Waals surface area contributed by atoms with Crippen molar-refractivity contribution in [1.82, 2.24) is 10.3 Å². The van der Waals surface area contributed by atoms with Crippen LogP contribution in [0.4, 0.5) is 5.69 Å². The Morgan fingerprint density at radius 1 is 1.00 bits per heavy atom. The van der Waals surface area contributed by atoms with Gasteiger partial charge in [0.05, 0.1) is 6.42 Å². The highest BCUT2D eigenvalue weighted by Gasteiger charge is 2.34. The zero-order chi connectivity index (χ0) is 21.5. The SMILES string of the molecule is O=C(NC1CCCCC1)[C@H](c1ccncc1)N(C(=O)Cc1cccs1)c1ccccc1. The zero-order valence-corrected chi connectivity index (χ0v) is 18.3. The van der Waals surface area contributed by atoms with E-state index >= 15 is 0 Å². The first-order chi connectivity index (χ1) is 15.2. The Balaban J connectivity index is 1.70. The first kappa shape index (κ1) is 21.2. The van der Waals surface area contributed by atoms with E-state index in [1.165, 1.54) is 6.42 Å². The third-order valence-corrected chi connectivity index (χ3v) is 6.56. The van der Waals surface area contributed by atoms with Crippen LogP contribution < -0.4 is 10.2 Å². The minimum atomic E-state index is -0.750. The summed E-state index contributed by atoms with van der Waals surface area (Å²) in [5.74, 6) is -0.240. The number of aromatic nitrogens is 1. The normalized spacial score (nSPS) is 15.2. The Morgan fingerprint density at radius 2 is 1.74 bits per heavy atom. The molecule has 5 nitrogen and oxygen atoms in total. The van der Waals surface area contributed by atoms with Crippen molar-refractivity contribution in [2.75, 3.05) is 4.90 Å². The maximum Gasteiger partial charge on any atom is 0.248 e. The summed E-state index contributed by atoms with van der Waals surface area (Å²) in [5, 5.41) is 5.19. The lowest BCUT2D eigenvalue weighted by Gasteiger charge is -2.33. The maximum atomic E-state index is 13.6. The highest BCUT2D eigenvalue weighted by molar-refractivity contribution is 7.10. The van der Waals surface area contributed by atoms with Gasteiger partial charge in [0, 0.05) is 29.0 Å². The largest absolute Gasteiger partial charge is 0.351 e. The van der Waals surface area contributed by atoms with Gasteiger partial charge in [-0.15, -0.1) is 11.3 Å². The molecule has 1 aromatic carbocycles. The fraction of sp³-hybridized carbons (Fsp3) is 0.320. The molecule has 1 aliphatic rings. The standard InChI is InChI=1S/C25H27N3O2S/c29-23(18-22-12-7-17-31-22)28(21-10-5-2-6-11-21)24(19-13-15-26-16-14-19)25(30)27-20-8-3-1-4-9-20/h2,5-7,10-17,20,24H,1,3-4,8-9,18H2,(H,27,30)/t24-/m0/s1. The minimum absolute atomic E-state index is 0.103. The Kier molecular flexibility index (Phi) is 7.10. The first-order valence-corrected chi connectivity index (χ1v) is 11.7. The van der Waals surface area contributed by atoms with Crippen LogP contribution in [0.5, 0.6) is 0 Å². The van der Waals surface area contributed by atoms with E-state index in [-0.39, 0.29) is 24.3 Å². The molecular formula is C25H27N3O2S. The number of carbonyl (C=O) groups excluding carboxylic acids is 2. The molecule has 3 aromatic rings. The number of nitrogens with one attached hydrogen (secondary N) is 1. The van der Waals surface area contributed by atoms with E-state index in [1.807, 2.05) is 60.0 Å². The third-order valence-electron chi connectivity index (χ3n) is 5.69. The summed E-state index contributed by atoms with van der Waals surface area (Å²) in [6.07, 6.45) is 9.05. The number of thiophene rings is 1. The molecule has 0 spiro atoms. The smallest absolute Gasteiger partial charge is 0.248 e. The van der Waals surface area contributed by atoms with Crippen LogP contribution in [0.15, 0.2) is 72.4 Å². The van der Waals surface area contributed by atoms with Crippen molar-refractivity contribution < 1.29 is 9.59 Å². The van der Waals surface area contributed by atoms with Gasteiger partial charge >= 0.3 is 0 Å². The van der Waals surface area contributed by atoms with E-state index in [9.17, 15) is 9.59 Å². The molecule has 0 unspecified atom stereocenters. The van der Waals surface area contributed by atoms with Crippen molar-refractivity contribution in [3.8, 4) is 0 Å². The molecule has 1 fully saturated rings. The van der Waals surface area contributed by atoms with E-state index < -0.39 is 6.04 Å². The predicted octanol–water partition coefficient (Wildman–Crippen LogP) is 4.91. The molecular weight excluding hydrogens is 406 g/mol. The van der Waals surface area contributed by atoms with Crippen LogP contribution >= 0.6 is 11.3 Å². The second-order valence-corrected chi connectivity index (χ2v) is 8.91. The zero-order valence-electron chi connectivity index (χ0n) is 17.4. The Bertz CT molecular complexity index is 971. The number of nitrogens with zero attached hydrogens (tertiary/aromatic N) is 2. The van der Waals surface area contributed by atoms with Crippen molar-refractivity contribution in [2.45, 2.75) is 50.6 Å². The lowest BCUT2D eigenvalue weighted by molar-refractivity contribution is -0.127. The number of hydrogen-bond acceptors (Lipinski definition) is 4. The number of pyridine rings is 1. The van der Waals surface area contributed by atoms with Crippen molar-refractivity contribution >= 4 is 28.8 Å². The Hall–Kier alpha value is -2.99. The Morgan fingerprint density at radius 3 is 2.42 bits per heavy atom. The molecule has 0 aliphatic heterocycles. The van der Waals surface area contributed by atoms with Gasteiger partial charge in [-0.2, -0.15) is 0 Å². The van der Waals surface area contributed by atoms with Gasteiger partial charge in [-0.05, 0) is 54.1 Å². The van der Waals surface area contributed by atoms with E-state index in [0.717, 1.165) is 36.1 Å². The number of hydrogen-bond donors (Lipinski definition) is 1. The van der Waals surface area contributed by atoms with Gasteiger partial charge in [-0.1, -0.05) is 43.5 Å². The molecule has 4 rings (SSSR count). The van der Waals surface area contributed by atoms with Crippen molar-refractivity contribution in [2.24, 2.45) is 0 Å². The summed E-state index contributed by atoms with van der Waals surface area (Å²) in [6.45, 7) is 0. The van der Waals surface area contributed by atoms with Crippen LogP contribution in [-0.4, -0.2) is 22.8 Å². The number of rotatable bonds is 7. The molecule has 2 heterocycles. The van der Waals surface area contributed by atoms with E-state index in [1.54, 1.807) is 28.6 Å². The van der Waals surface area contributed by atoms with E-state index in [4.69, 9.17) is 0 Å². The van der Waals surface area contributed by atoms with Crippen LogP contribution in [-0.2, 0) is 16.0 Å². The van der Waals surface area contributed by atoms with Gasteiger partial charge in [-0.25, -0.2) is 0 Å². The summed E-state index contributed by atoms with van der Waals surface area (Å²) in [4.78, 5) is 33.9. The van der Waals surface area contributed by atoms with Crippen LogP contribution in [0.1, 0.15) is 48.6 Å². The Labute approximate surface area is 187 Å². The number of amides is 2. The number of anilines is 1. The van der Waals surface area contributed by atoms with Crippen LogP contribution in [0, 0.1) is 0 Å². The summed E-state index contributed by atoms with van der Waals surface area (Å²) in [7, 11) is 0. The summed E-state index contributed by atoms with van der Waals surface area (Å²) < 4.78 is 0. The second-order valence-electron chi connectivity index (χ2n) is 7.88. The maximum absolute atomic E-state index is 13.6. The average Bonchev–Trinajstić information content (AvgIpc) is 3.32. The molecule has 1 N–H and O–H groups in total. The molecule has 2 aromatic heterocycles. The molecule has 1 aliphatic carbocycles. The fourth-order valence-electron chi connectivity index (χ4n) is 4.16. The van der Waals surface area contributed by atoms with Gasteiger partial charge in [0.2, 0.25) is 11.8 Å². The van der Waals surface area contributed by atoms with Gasteiger partial charge in [-0.3, -0.25) is 19.5 Å². The highest BCUT2D eigenvalue weighted by Crippen LogP contribution is 2.30. The molecule has 0 saturated heterocycles. The summed E-state index contributed by atoms with van der Waals surface area (Å²) in [6, 6.07) is 16.4. The van der Waals surface area contributed by atoms with Gasteiger partial charge in [0.25, 0.3) is 0 Å². The first-order valence-electron chi connectivity index (χ1n) is 10.8. The van der Waals surface area contributed by atoms with Gasteiger partial charge in [0.15, 0.2) is 0 Å². The average molecular weight is 434 g/mol. The molecule has 0 radical (unpaired) electrons. The van der Waals surface area contributed by atoms with Gasteiger partial charge in [0.1, 0.15) is 6.04 Å². The lowest BCUT2D eigenvalue weighted by atomic mass is 9.94. The predicted molar refractivity (Wildman–Crippen MR) is 124 cm³/mol. The second kappa shape index (κ2) is 10.4. The number of para-hydroxylation sites is 1. The monoisotopic (exact) mass is 433 g/mol. The van der Waals surface area contributed by atoms with E-state index in [0.29, 0.717) is 5.69 Å². The number of carbonyl (C=O) groups is 2. The van der Waals surface area contributed by atoms with Gasteiger partial charge < -0.3 is 5.32 Å². The van der Waals surface area contributed by atoms with Crippen LogP contribution in [0.25, 0.3) is 0 Å². The molecule has 31 heavy (non-hydrogen) atoms. The fourth-order valence-corrected chi connectivity index (χ4v) is 4.86. The molecule has 6 heteroatoms. The molecule has 160 valence electrons. The molecule has 2 amide bonds. The summed E-state index contributed by atoms with van der Waals surface area (Å²) in [5.41, 5.74) is 1.47. The molecule has 1 saturated carbocycles. The van der Waals surface area contributed by atoms with Crippen LogP contribution in [0.2, 0.25) is 0 Å². The minimum Gasteiger partial charge on any atom is -0.351 e. The molecule has 0 bridgehead atoms. The lowest BCUT2D eigenvalue weighted by Crippen LogP contribution is -2.47. The van der Waals surface area contributed by atoms with E-state index in [2.05, 4.69) is 10.3 Å². The summed E-state index contributed by atoms with van der Waals surface area (Å²) >= 11 is 1.55. The number of benzene rings is 1. The van der Waals surface area contributed by atoms with Crippen molar-refractivity contribution in [3.05, 3.63) is 82.8 Å². The third kappa shape index (κ3) is 5.39. The van der Waals surface area contributed by atoms with Crippen LogP contribution in [0.3, 0.4) is 0 Å². The topological polar surface area (TPSA) is 62.3 Å². The van der Waals surface area contributed by atoms with Crippen molar-refractivity contribution in [3.63, 3.8) is 0 Å².